The minimum atomic E-state index is -0.132. The maximum Gasteiger partial charge on any atom is 0.310 e. The second-order valence-corrected chi connectivity index (χ2v) is 3.63. The van der Waals surface area contributed by atoms with Crippen LogP contribution < -0.4 is 5.32 Å². The lowest BCUT2D eigenvalue weighted by Crippen LogP contribution is -2.53. The molecule has 1 rings (SSSR count). The van der Waals surface area contributed by atoms with Gasteiger partial charge in [-0.05, 0) is 7.05 Å². The van der Waals surface area contributed by atoms with Gasteiger partial charge in [-0.3, -0.25) is 4.79 Å². The highest BCUT2D eigenvalue weighted by atomic mass is 16.5. The number of hydrogen-bond donors (Lipinski definition) is 1. The molecule has 0 spiro atoms. The topological polar surface area (TPSA) is 41.6 Å². The predicted octanol–water partition coefficient (Wildman–Crippen LogP) is -0.301. The van der Waals surface area contributed by atoms with Crippen LogP contribution in [-0.2, 0) is 9.53 Å². The summed E-state index contributed by atoms with van der Waals surface area (Å²) in [5, 5.41) is 3.32. The smallest absolute Gasteiger partial charge is 0.310 e. The lowest BCUT2D eigenvalue weighted by molar-refractivity contribution is -0.146. The van der Waals surface area contributed by atoms with Crippen molar-refractivity contribution in [3.63, 3.8) is 0 Å². The molecular weight excluding hydrogens is 168 g/mol. The summed E-state index contributed by atoms with van der Waals surface area (Å²) in [6.45, 7) is 4.81. The zero-order valence-corrected chi connectivity index (χ0v) is 8.54. The minimum absolute atomic E-state index is 0.0623. The Morgan fingerprint density at radius 1 is 1.69 bits per heavy atom. The van der Waals surface area contributed by atoms with Crippen LogP contribution >= 0.6 is 0 Å². The summed E-state index contributed by atoms with van der Waals surface area (Å²) in [7, 11) is 3.50. The maximum atomic E-state index is 11.2. The van der Waals surface area contributed by atoms with E-state index in [1.54, 1.807) is 0 Å². The van der Waals surface area contributed by atoms with Crippen molar-refractivity contribution in [2.24, 2.45) is 5.92 Å². The normalized spacial score (nSPS) is 26.8. The van der Waals surface area contributed by atoms with E-state index < -0.39 is 0 Å². The molecule has 1 N–H and O–H groups in total. The number of piperazine rings is 1. The fraction of sp³-hybridized carbons (Fsp3) is 0.889. The Bertz CT molecular complexity index is 184. The number of carbonyl (C=O) groups is 1. The van der Waals surface area contributed by atoms with E-state index in [-0.39, 0.29) is 17.9 Å². The highest BCUT2D eigenvalue weighted by Gasteiger charge is 2.27. The third kappa shape index (κ3) is 2.67. The van der Waals surface area contributed by atoms with Gasteiger partial charge in [0.05, 0.1) is 13.0 Å². The molecule has 2 unspecified atom stereocenters. The molecule has 2 atom stereocenters. The number of esters is 1. The van der Waals surface area contributed by atoms with Crippen LogP contribution in [0.3, 0.4) is 0 Å². The van der Waals surface area contributed by atoms with Crippen LogP contribution in [0, 0.1) is 5.92 Å². The molecule has 0 aromatic heterocycles. The van der Waals surface area contributed by atoms with Crippen LogP contribution in [0.1, 0.15) is 6.92 Å². The SMILES string of the molecule is COC(=O)C(C)C1CN(C)CCN1. The predicted molar refractivity (Wildman–Crippen MR) is 50.5 cm³/mol. The molecule has 76 valence electrons. The van der Waals surface area contributed by atoms with E-state index in [2.05, 4.69) is 17.3 Å². The number of nitrogens with zero attached hydrogens (tertiary/aromatic N) is 1. The first-order chi connectivity index (χ1) is 6.15. The molecular formula is C9H18N2O2. The average Bonchev–Trinajstić information content (AvgIpc) is 2.15. The number of methoxy groups -OCH3 is 1. The fourth-order valence-electron chi connectivity index (χ4n) is 1.62. The van der Waals surface area contributed by atoms with Crippen molar-refractivity contribution in [1.29, 1.82) is 0 Å². The average molecular weight is 186 g/mol. The third-order valence-corrected chi connectivity index (χ3v) is 2.58. The molecule has 0 radical (unpaired) electrons. The third-order valence-electron chi connectivity index (χ3n) is 2.58. The number of likely N-dealkylation sites (N-methyl/N-ethyl adjacent to an activating group) is 1. The van der Waals surface area contributed by atoms with Gasteiger partial charge in [-0.2, -0.15) is 0 Å². The van der Waals surface area contributed by atoms with Gasteiger partial charge in [-0.1, -0.05) is 6.92 Å². The molecule has 4 nitrogen and oxygen atoms in total. The first kappa shape index (κ1) is 10.5. The molecule has 0 saturated carbocycles. The second-order valence-electron chi connectivity index (χ2n) is 3.63. The number of rotatable bonds is 2. The van der Waals surface area contributed by atoms with Gasteiger partial charge in [0.25, 0.3) is 0 Å². The molecule has 0 amide bonds. The molecule has 1 aliphatic heterocycles. The Balaban J connectivity index is 2.45. The largest absolute Gasteiger partial charge is 0.469 e. The molecule has 1 heterocycles. The lowest BCUT2D eigenvalue weighted by Gasteiger charge is -2.33. The lowest BCUT2D eigenvalue weighted by atomic mass is 10.0. The van der Waals surface area contributed by atoms with Crippen molar-refractivity contribution in [3.8, 4) is 0 Å². The van der Waals surface area contributed by atoms with Crippen LogP contribution in [0.5, 0.6) is 0 Å². The van der Waals surface area contributed by atoms with Crippen LogP contribution in [0.4, 0.5) is 0 Å². The van der Waals surface area contributed by atoms with E-state index >= 15 is 0 Å². The summed E-state index contributed by atoms with van der Waals surface area (Å²) in [5.41, 5.74) is 0. The first-order valence-electron chi connectivity index (χ1n) is 4.65. The van der Waals surface area contributed by atoms with Gasteiger partial charge in [0, 0.05) is 25.7 Å². The Morgan fingerprint density at radius 2 is 2.38 bits per heavy atom. The summed E-state index contributed by atoms with van der Waals surface area (Å²) in [4.78, 5) is 13.5. The van der Waals surface area contributed by atoms with Crippen molar-refractivity contribution in [3.05, 3.63) is 0 Å². The van der Waals surface area contributed by atoms with Gasteiger partial charge in [0.1, 0.15) is 0 Å². The summed E-state index contributed by atoms with van der Waals surface area (Å²) >= 11 is 0. The molecule has 1 saturated heterocycles. The zero-order chi connectivity index (χ0) is 9.84. The molecule has 4 heteroatoms. The van der Waals surface area contributed by atoms with E-state index in [1.807, 2.05) is 6.92 Å². The first-order valence-corrected chi connectivity index (χ1v) is 4.65. The summed E-state index contributed by atoms with van der Waals surface area (Å²) < 4.78 is 4.70. The molecule has 13 heavy (non-hydrogen) atoms. The Hall–Kier alpha value is -0.610. The van der Waals surface area contributed by atoms with Gasteiger partial charge >= 0.3 is 5.97 Å². The van der Waals surface area contributed by atoms with E-state index in [9.17, 15) is 4.79 Å². The van der Waals surface area contributed by atoms with Crippen molar-refractivity contribution >= 4 is 5.97 Å². The Morgan fingerprint density at radius 3 is 2.92 bits per heavy atom. The summed E-state index contributed by atoms with van der Waals surface area (Å²) in [6, 6.07) is 0.228. The number of carbonyl (C=O) groups excluding carboxylic acids is 1. The fourth-order valence-corrected chi connectivity index (χ4v) is 1.62. The molecule has 0 aromatic rings. The van der Waals surface area contributed by atoms with Crippen LogP contribution in [-0.4, -0.2) is 50.7 Å². The van der Waals surface area contributed by atoms with Crippen LogP contribution in [0.2, 0.25) is 0 Å². The van der Waals surface area contributed by atoms with Gasteiger partial charge in [0.15, 0.2) is 0 Å². The highest BCUT2D eigenvalue weighted by Crippen LogP contribution is 2.09. The van der Waals surface area contributed by atoms with Crippen molar-refractivity contribution in [1.82, 2.24) is 10.2 Å². The van der Waals surface area contributed by atoms with E-state index in [4.69, 9.17) is 4.74 Å². The number of ether oxygens (including phenoxy) is 1. The summed E-state index contributed by atoms with van der Waals surface area (Å²) in [6.07, 6.45) is 0. The van der Waals surface area contributed by atoms with Gasteiger partial charge in [-0.25, -0.2) is 0 Å². The van der Waals surface area contributed by atoms with Gasteiger partial charge < -0.3 is 15.0 Å². The highest BCUT2D eigenvalue weighted by molar-refractivity contribution is 5.72. The zero-order valence-electron chi connectivity index (χ0n) is 8.54. The van der Waals surface area contributed by atoms with Crippen molar-refractivity contribution < 1.29 is 9.53 Å². The van der Waals surface area contributed by atoms with Crippen LogP contribution in [0.25, 0.3) is 0 Å². The van der Waals surface area contributed by atoms with Crippen LogP contribution in [0.15, 0.2) is 0 Å². The number of nitrogens with one attached hydrogen (secondary N) is 1. The van der Waals surface area contributed by atoms with E-state index in [1.165, 1.54) is 7.11 Å². The molecule has 1 fully saturated rings. The molecule has 1 aliphatic rings. The molecule has 0 aromatic carbocycles. The van der Waals surface area contributed by atoms with Crippen molar-refractivity contribution in [2.75, 3.05) is 33.8 Å². The molecule has 0 aliphatic carbocycles. The minimum Gasteiger partial charge on any atom is -0.469 e. The quantitative estimate of drug-likeness (QED) is 0.601. The standard InChI is InChI=1S/C9H18N2O2/c1-7(9(12)13-3)8-6-11(2)5-4-10-8/h7-8,10H,4-6H2,1-3H3. The van der Waals surface area contributed by atoms with Gasteiger partial charge in [-0.15, -0.1) is 0 Å². The monoisotopic (exact) mass is 186 g/mol. The second kappa shape index (κ2) is 4.58. The van der Waals surface area contributed by atoms with E-state index in [0.29, 0.717) is 0 Å². The number of hydrogen-bond acceptors (Lipinski definition) is 4. The summed E-state index contributed by atoms with van der Waals surface area (Å²) in [5.74, 6) is -0.194. The Kier molecular flexibility index (Phi) is 3.69. The molecule has 0 bridgehead atoms. The Labute approximate surface area is 79.2 Å². The maximum absolute atomic E-state index is 11.2. The van der Waals surface area contributed by atoms with Crippen molar-refractivity contribution in [2.45, 2.75) is 13.0 Å². The van der Waals surface area contributed by atoms with E-state index in [0.717, 1.165) is 19.6 Å². The van der Waals surface area contributed by atoms with Gasteiger partial charge in [0.2, 0.25) is 0 Å².